The highest BCUT2D eigenvalue weighted by Crippen LogP contribution is 2.08. The fourth-order valence-corrected chi connectivity index (χ4v) is 2.01. The minimum atomic E-state index is -0.619. The molecule has 0 spiro atoms. The molecule has 1 heterocycles. The Morgan fingerprint density at radius 2 is 1.35 bits per heavy atom. The second kappa shape index (κ2) is 11.4. The van der Waals surface area contributed by atoms with Gasteiger partial charge in [0, 0.05) is 26.2 Å². The van der Waals surface area contributed by atoms with Crippen LogP contribution in [0.15, 0.2) is 0 Å². The molecule has 0 radical (unpaired) electrons. The van der Waals surface area contributed by atoms with Crippen LogP contribution < -0.4 is 0 Å². The molecule has 0 unspecified atom stereocenters. The van der Waals surface area contributed by atoms with E-state index in [4.69, 9.17) is 14.2 Å². The topological polar surface area (TPSA) is 71.4 Å². The molecule has 6 nitrogen and oxygen atoms in total. The Kier molecular flexibility index (Phi) is 10.2. The van der Waals surface area contributed by atoms with Crippen molar-refractivity contribution in [3.05, 3.63) is 0 Å². The summed E-state index contributed by atoms with van der Waals surface area (Å²) >= 11 is 0. The Hall–Kier alpha value is -0.240. The van der Waals surface area contributed by atoms with Gasteiger partial charge in [-0.3, -0.25) is 4.90 Å². The van der Waals surface area contributed by atoms with Crippen molar-refractivity contribution in [2.45, 2.75) is 32.0 Å². The third kappa shape index (κ3) is 8.14. The number of β-amino-alcohol motifs (C(OH)–C–C–N with tert-alkyl or cyclic N) is 2. The van der Waals surface area contributed by atoms with E-state index < -0.39 is 12.2 Å². The van der Waals surface area contributed by atoms with E-state index in [1.54, 1.807) is 0 Å². The van der Waals surface area contributed by atoms with Crippen LogP contribution in [0.1, 0.15) is 19.8 Å². The first-order valence-electron chi connectivity index (χ1n) is 7.55. The summed E-state index contributed by atoms with van der Waals surface area (Å²) in [5.41, 5.74) is 0. The first kappa shape index (κ1) is 17.8. The standard InChI is InChI=1S/C14H29NO5/c1-2-3-5-18-7-9-20-10-8-19-6-4-15-11-13(16)14(17)12-15/h13-14,16-17H,2-12H2,1H3/t13-,14+. The van der Waals surface area contributed by atoms with Crippen molar-refractivity contribution in [2.75, 3.05) is 59.3 Å². The SMILES string of the molecule is CCCCOCCOCCOCCN1C[C@@H](O)[C@@H](O)C1. The van der Waals surface area contributed by atoms with E-state index in [9.17, 15) is 10.2 Å². The summed E-state index contributed by atoms with van der Waals surface area (Å²) in [6.07, 6.45) is 1.01. The zero-order chi connectivity index (χ0) is 14.6. The summed E-state index contributed by atoms with van der Waals surface area (Å²) in [4.78, 5) is 2.00. The molecule has 0 aliphatic carbocycles. The molecule has 0 aromatic rings. The number of rotatable bonds is 12. The fraction of sp³-hybridized carbons (Fsp3) is 1.00. The van der Waals surface area contributed by atoms with Crippen LogP contribution in [0.25, 0.3) is 0 Å². The zero-order valence-electron chi connectivity index (χ0n) is 12.5. The summed E-state index contributed by atoms with van der Waals surface area (Å²) in [6, 6.07) is 0. The summed E-state index contributed by atoms with van der Waals surface area (Å²) in [7, 11) is 0. The number of ether oxygens (including phenoxy) is 3. The largest absolute Gasteiger partial charge is 0.389 e. The van der Waals surface area contributed by atoms with Crippen molar-refractivity contribution in [1.82, 2.24) is 4.90 Å². The van der Waals surface area contributed by atoms with E-state index in [1.165, 1.54) is 0 Å². The summed E-state index contributed by atoms with van der Waals surface area (Å²) < 4.78 is 16.2. The number of aliphatic hydroxyl groups excluding tert-OH is 2. The normalized spacial score (nSPS) is 23.6. The molecule has 120 valence electrons. The predicted molar refractivity (Wildman–Crippen MR) is 75.8 cm³/mol. The second-order valence-corrected chi connectivity index (χ2v) is 5.08. The van der Waals surface area contributed by atoms with Gasteiger partial charge in [-0.2, -0.15) is 0 Å². The molecule has 0 saturated carbocycles. The monoisotopic (exact) mass is 291 g/mol. The average molecular weight is 291 g/mol. The van der Waals surface area contributed by atoms with Crippen molar-refractivity contribution in [2.24, 2.45) is 0 Å². The summed E-state index contributed by atoms with van der Waals surface area (Å²) in [6.45, 7) is 7.71. The molecule has 0 bridgehead atoms. The van der Waals surface area contributed by atoms with Gasteiger partial charge in [-0.05, 0) is 6.42 Å². The average Bonchev–Trinajstić information content (AvgIpc) is 2.75. The molecule has 1 aliphatic heterocycles. The molecule has 1 fully saturated rings. The Labute approximate surface area is 121 Å². The Bertz CT molecular complexity index is 220. The Morgan fingerprint density at radius 1 is 0.850 bits per heavy atom. The van der Waals surface area contributed by atoms with Gasteiger partial charge in [0.1, 0.15) is 0 Å². The lowest BCUT2D eigenvalue weighted by Crippen LogP contribution is -2.26. The van der Waals surface area contributed by atoms with E-state index in [0.29, 0.717) is 46.1 Å². The first-order chi connectivity index (χ1) is 9.74. The van der Waals surface area contributed by atoms with Crippen LogP contribution in [-0.2, 0) is 14.2 Å². The lowest BCUT2D eigenvalue weighted by Gasteiger charge is -2.14. The zero-order valence-corrected chi connectivity index (χ0v) is 12.5. The molecule has 2 atom stereocenters. The van der Waals surface area contributed by atoms with Gasteiger partial charge in [-0.1, -0.05) is 13.3 Å². The molecular formula is C14H29NO5. The maximum absolute atomic E-state index is 9.38. The molecule has 0 amide bonds. The maximum Gasteiger partial charge on any atom is 0.0938 e. The van der Waals surface area contributed by atoms with Gasteiger partial charge >= 0.3 is 0 Å². The molecule has 1 rings (SSSR count). The van der Waals surface area contributed by atoms with E-state index in [2.05, 4.69) is 6.92 Å². The van der Waals surface area contributed by atoms with Gasteiger partial charge in [0.2, 0.25) is 0 Å². The van der Waals surface area contributed by atoms with Crippen LogP contribution in [0, 0.1) is 0 Å². The molecule has 2 N–H and O–H groups in total. The number of hydrogen-bond donors (Lipinski definition) is 2. The van der Waals surface area contributed by atoms with E-state index in [0.717, 1.165) is 26.0 Å². The van der Waals surface area contributed by atoms with Crippen molar-refractivity contribution >= 4 is 0 Å². The number of aliphatic hydroxyl groups is 2. The number of hydrogen-bond acceptors (Lipinski definition) is 6. The quantitative estimate of drug-likeness (QED) is 0.488. The highest BCUT2D eigenvalue weighted by molar-refractivity contribution is 4.82. The lowest BCUT2D eigenvalue weighted by atomic mass is 10.3. The number of likely N-dealkylation sites (tertiary alicyclic amines) is 1. The van der Waals surface area contributed by atoms with Gasteiger partial charge in [0.05, 0.1) is 45.2 Å². The van der Waals surface area contributed by atoms with E-state index in [-0.39, 0.29) is 0 Å². The summed E-state index contributed by atoms with van der Waals surface area (Å²) in [5, 5.41) is 18.8. The van der Waals surface area contributed by atoms with Crippen LogP contribution in [0.5, 0.6) is 0 Å². The van der Waals surface area contributed by atoms with Crippen molar-refractivity contribution in [3.63, 3.8) is 0 Å². The minimum Gasteiger partial charge on any atom is -0.389 e. The molecule has 6 heteroatoms. The lowest BCUT2D eigenvalue weighted by molar-refractivity contribution is 0.0106. The van der Waals surface area contributed by atoms with E-state index in [1.807, 2.05) is 4.90 Å². The second-order valence-electron chi connectivity index (χ2n) is 5.08. The fourth-order valence-electron chi connectivity index (χ4n) is 2.01. The van der Waals surface area contributed by atoms with Crippen LogP contribution in [0.4, 0.5) is 0 Å². The highest BCUT2D eigenvalue weighted by atomic mass is 16.5. The van der Waals surface area contributed by atoms with Crippen LogP contribution in [0.3, 0.4) is 0 Å². The van der Waals surface area contributed by atoms with E-state index >= 15 is 0 Å². The number of nitrogens with zero attached hydrogens (tertiary/aromatic N) is 1. The first-order valence-corrected chi connectivity index (χ1v) is 7.55. The van der Waals surface area contributed by atoms with Crippen molar-refractivity contribution in [3.8, 4) is 0 Å². The highest BCUT2D eigenvalue weighted by Gasteiger charge is 2.28. The van der Waals surface area contributed by atoms with Gasteiger partial charge < -0.3 is 24.4 Å². The van der Waals surface area contributed by atoms with Crippen LogP contribution in [-0.4, -0.2) is 86.6 Å². The Morgan fingerprint density at radius 3 is 1.90 bits per heavy atom. The third-order valence-corrected chi connectivity index (χ3v) is 3.27. The summed E-state index contributed by atoms with van der Waals surface area (Å²) in [5.74, 6) is 0. The van der Waals surface area contributed by atoms with Crippen molar-refractivity contribution < 1.29 is 24.4 Å². The van der Waals surface area contributed by atoms with Crippen molar-refractivity contribution in [1.29, 1.82) is 0 Å². The van der Waals surface area contributed by atoms with Crippen LogP contribution in [0.2, 0.25) is 0 Å². The maximum atomic E-state index is 9.38. The molecule has 0 aromatic heterocycles. The third-order valence-electron chi connectivity index (χ3n) is 3.27. The molecule has 20 heavy (non-hydrogen) atoms. The Balaban J connectivity index is 1.77. The molecule has 1 saturated heterocycles. The molecular weight excluding hydrogens is 262 g/mol. The van der Waals surface area contributed by atoms with Gasteiger partial charge in [0.15, 0.2) is 0 Å². The van der Waals surface area contributed by atoms with Gasteiger partial charge in [-0.25, -0.2) is 0 Å². The van der Waals surface area contributed by atoms with Crippen LogP contribution >= 0.6 is 0 Å². The molecule has 1 aliphatic rings. The molecule has 0 aromatic carbocycles. The van der Waals surface area contributed by atoms with Gasteiger partial charge in [0.25, 0.3) is 0 Å². The van der Waals surface area contributed by atoms with Gasteiger partial charge in [-0.15, -0.1) is 0 Å². The minimum absolute atomic E-state index is 0.524. The smallest absolute Gasteiger partial charge is 0.0938 e. The predicted octanol–water partition coefficient (Wildman–Crippen LogP) is -0.126. The number of unbranched alkanes of at least 4 members (excludes halogenated alkanes) is 1.